The van der Waals surface area contributed by atoms with Gasteiger partial charge < -0.3 is 14.9 Å². The zero-order chi connectivity index (χ0) is 19.6. The Bertz CT molecular complexity index is 651. The third-order valence-corrected chi connectivity index (χ3v) is 5.07. The van der Waals surface area contributed by atoms with Gasteiger partial charge in [-0.1, -0.05) is 6.92 Å². The average molecular weight is 376 g/mol. The van der Waals surface area contributed by atoms with Gasteiger partial charge in [-0.3, -0.25) is 4.79 Å². The predicted octanol–water partition coefficient (Wildman–Crippen LogP) is 3.01. The molecule has 0 aliphatic carbocycles. The van der Waals surface area contributed by atoms with Crippen LogP contribution in [0.3, 0.4) is 0 Å². The summed E-state index contributed by atoms with van der Waals surface area (Å²) >= 11 is 0. The van der Waals surface area contributed by atoms with Crippen molar-refractivity contribution < 1.29 is 27.5 Å². The van der Waals surface area contributed by atoms with Gasteiger partial charge in [-0.25, -0.2) is 4.39 Å². The van der Waals surface area contributed by atoms with Crippen molar-refractivity contribution in [3.05, 3.63) is 35.1 Å². The van der Waals surface area contributed by atoms with Crippen LogP contribution < -0.4 is 0 Å². The summed E-state index contributed by atoms with van der Waals surface area (Å²) in [5.41, 5.74) is -1.64. The number of halogens is 4. The number of benzene rings is 1. The van der Waals surface area contributed by atoms with Crippen LogP contribution in [0.4, 0.5) is 17.6 Å². The number of β-amino-alcohol motifs (C(OH)–C–C–N with tert-alkyl or cyclic N) is 1. The standard InChI is InChI=1S/C18H24F4N2O2/c1-11(9-24-7-6-14(25)10-24)12(2)23(3)17(26)13-4-5-16(19)15(8-13)18(20,21)22/h4-5,8,11-12,14,25H,6-7,9-10H2,1-3H3/t11-,12?,14-/m1/s1. The van der Waals surface area contributed by atoms with E-state index in [1.54, 1.807) is 0 Å². The van der Waals surface area contributed by atoms with E-state index >= 15 is 0 Å². The van der Waals surface area contributed by atoms with Gasteiger partial charge in [0.25, 0.3) is 5.91 Å². The lowest BCUT2D eigenvalue weighted by Gasteiger charge is -2.32. The molecule has 1 heterocycles. The van der Waals surface area contributed by atoms with E-state index in [1.807, 2.05) is 13.8 Å². The molecular formula is C18H24F4N2O2. The molecule has 1 N–H and O–H groups in total. The van der Waals surface area contributed by atoms with E-state index in [0.29, 0.717) is 31.6 Å². The maximum Gasteiger partial charge on any atom is 0.419 e. The lowest BCUT2D eigenvalue weighted by Crippen LogP contribution is -2.43. The molecule has 1 amide bonds. The number of hydrogen-bond acceptors (Lipinski definition) is 3. The Balaban J connectivity index is 2.08. The second-order valence-electron chi connectivity index (χ2n) is 7.03. The smallest absolute Gasteiger partial charge is 0.392 e. The first-order chi connectivity index (χ1) is 12.0. The third-order valence-electron chi connectivity index (χ3n) is 5.07. The fraction of sp³-hybridized carbons (Fsp3) is 0.611. The molecule has 0 spiro atoms. The molecule has 4 nitrogen and oxygen atoms in total. The molecule has 1 fully saturated rings. The highest BCUT2D eigenvalue weighted by atomic mass is 19.4. The maximum absolute atomic E-state index is 13.4. The minimum Gasteiger partial charge on any atom is -0.392 e. The number of nitrogens with zero attached hydrogens (tertiary/aromatic N) is 2. The molecular weight excluding hydrogens is 352 g/mol. The van der Waals surface area contributed by atoms with Crippen LogP contribution in [0.2, 0.25) is 0 Å². The zero-order valence-electron chi connectivity index (χ0n) is 15.1. The van der Waals surface area contributed by atoms with Crippen molar-refractivity contribution in [2.24, 2.45) is 5.92 Å². The molecule has 146 valence electrons. The SMILES string of the molecule is CC([C@H](C)CN1CC[C@@H](O)C1)N(C)C(=O)c1ccc(F)c(C(F)(F)F)c1. The lowest BCUT2D eigenvalue weighted by molar-refractivity contribution is -0.140. The quantitative estimate of drug-likeness (QED) is 0.804. The van der Waals surface area contributed by atoms with Crippen molar-refractivity contribution in [3.63, 3.8) is 0 Å². The molecule has 8 heteroatoms. The average Bonchev–Trinajstić information content (AvgIpc) is 2.97. The van der Waals surface area contributed by atoms with Crippen LogP contribution in [0.5, 0.6) is 0 Å². The molecule has 1 aliphatic heterocycles. The van der Waals surface area contributed by atoms with E-state index in [1.165, 1.54) is 11.9 Å². The van der Waals surface area contributed by atoms with Crippen LogP contribution in [0.1, 0.15) is 36.2 Å². The highest BCUT2D eigenvalue weighted by Gasteiger charge is 2.35. The van der Waals surface area contributed by atoms with Crippen molar-refractivity contribution in [2.45, 2.75) is 38.6 Å². The summed E-state index contributed by atoms with van der Waals surface area (Å²) in [7, 11) is 1.53. The molecule has 0 bridgehead atoms. The molecule has 1 aromatic carbocycles. The molecule has 1 unspecified atom stereocenters. The Morgan fingerprint density at radius 3 is 2.58 bits per heavy atom. The van der Waals surface area contributed by atoms with Gasteiger partial charge in [-0.15, -0.1) is 0 Å². The largest absolute Gasteiger partial charge is 0.419 e. The minimum absolute atomic E-state index is 0.0526. The molecule has 3 atom stereocenters. The number of carbonyl (C=O) groups excluding carboxylic acids is 1. The zero-order valence-corrected chi connectivity index (χ0v) is 15.1. The molecule has 26 heavy (non-hydrogen) atoms. The molecule has 0 radical (unpaired) electrons. The Morgan fingerprint density at radius 1 is 1.38 bits per heavy atom. The number of rotatable bonds is 5. The fourth-order valence-corrected chi connectivity index (χ4v) is 3.18. The van der Waals surface area contributed by atoms with Crippen molar-refractivity contribution in [2.75, 3.05) is 26.7 Å². The fourth-order valence-electron chi connectivity index (χ4n) is 3.18. The molecule has 0 aromatic heterocycles. The normalized spacial score (nSPS) is 20.8. The van der Waals surface area contributed by atoms with Crippen molar-refractivity contribution in [1.29, 1.82) is 0 Å². The van der Waals surface area contributed by atoms with Crippen molar-refractivity contribution in [3.8, 4) is 0 Å². The Kier molecular flexibility index (Phi) is 6.29. The second kappa shape index (κ2) is 7.92. The third kappa shape index (κ3) is 4.73. The van der Waals surface area contributed by atoms with E-state index in [9.17, 15) is 27.5 Å². The number of hydrogen-bond donors (Lipinski definition) is 1. The Labute approximate surface area is 150 Å². The van der Waals surface area contributed by atoms with E-state index in [2.05, 4.69) is 4.90 Å². The molecule has 2 rings (SSSR count). The lowest BCUT2D eigenvalue weighted by atomic mass is 10.0. The molecule has 1 aromatic rings. The molecule has 1 aliphatic rings. The summed E-state index contributed by atoms with van der Waals surface area (Å²) in [5, 5.41) is 9.58. The number of aliphatic hydroxyl groups is 1. The van der Waals surface area contributed by atoms with Gasteiger partial charge in [-0.2, -0.15) is 13.2 Å². The number of amides is 1. The summed E-state index contributed by atoms with van der Waals surface area (Å²) in [5.74, 6) is -1.93. The van der Waals surface area contributed by atoms with Gasteiger partial charge in [0.1, 0.15) is 5.82 Å². The summed E-state index contributed by atoms with van der Waals surface area (Å²) in [4.78, 5) is 16.0. The number of alkyl halides is 3. The first kappa shape index (κ1) is 20.6. The van der Waals surface area contributed by atoms with E-state index in [-0.39, 0.29) is 23.6 Å². The maximum atomic E-state index is 13.4. The summed E-state index contributed by atoms with van der Waals surface area (Å²) in [6.45, 7) is 5.81. The van der Waals surface area contributed by atoms with E-state index in [0.717, 1.165) is 12.6 Å². The molecule has 1 saturated heterocycles. The summed E-state index contributed by atoms with van der Waals surface area (Å²) < 4.78 is 51.9. The summed E-state index contributed by atoms with van der Waals surface area (Å²) in [6, 6.07) is 2.06. The summed E-state index contributed by atoms with van der Waals surface area (Å²) in [6.07, 6.45) is -4.48. The van der Waals surface area contributed by atoms with Gasteiger partial charge in [0.2, 0.25) is 0 Å². The van der Waals surface area contributed by atoms with Gasteiger partial charge in [0, 0.05) is 38.3 Å². The Morgan fingerprint density at radius 2 is 2.04 bits per heavy atom. The topological polar surface area (TPSA) is 43.8 Å². The van der Waals surface area contributed by atoms with Crippen molar-refractivity contribution in [1.82, 2.24) is 9.80 Å². The minimum atomic E-state index is -4.85. The monoisotopic (exact) mass is 376 g/mol. The Hall–Kier alpha value is -1.67. The second-order valence-corrected chi connectivity index (χ2v) is 7.03. The van der Waals surface area contributed by atoms with Crippen LogP contribution in [-0.2, 0) is 6.18 Å². The van der Waals surface area contributed by atoms with Gasteiger partial charge in [-0.05, 0) is 37.5 Å². The number of carbonyl (C=O) groups is 1. The van der Waals surface area contributed by atoms with Crippen molar-refractivity contribution >= 4 is 5.91 Å². The van der Waals surface area contributed by atoms with Crippen LogP contribution in [-0.4, -0.2) is 59.6 Å². The first-order valence-corrected chi connectivity index (χ1v) is 8.55. The number of likely N-dealkylation sites (tertiary alicyclic amines) is 1. The van der Waals surface area contributed by atoms with Crippen LogP contribution in [0.25, 0.3) is 0 Å². The van der Waals surface area contributed by atoms with Crippen LogP contribution in [0, 0.1) is 11.7 Å². The highest BCUT2D eigenvalue weighted by molar-refractivity contribution is 5.94. The van der Waals surface area contributed by atoms with E-state index < -0.39 is 23.5 Å². The van der Waals surface area contributed by atoms with Gasteiger partial charge in [0.15, 0.2) is 0 Å². The first-order valence-electron chi connectivity index (χ1n) is 8.55. The van der Waals surface area contributed by atoms with Crippen LogP contribution in [0.15, 0.2) is 18.2 Å². The number of aliphatic hydroxyl groups excluding tert-OH is 1. The highest BCUT2D eigenvalue weighted by Crippen LogP contribution is 2.32. The van der Waals surface area contributed by atoms with Crippen LogP contribution >= 0.6 is 0 Å². The predicted molar refractivity (Wildman–Crippen MR) is 89.2 cm³/mol. The van der Waals surface area contributed by atoms with Gasteiger partial charge >= 0.3 is 6.18 Å². The molecule has 0 saturated carbocycles. The van der Waals surface area contributed by atoms with Gasteiger partial charge in [0.05, 0.1) is 11.7 Å². The van der Waals surface area contributed by atoms with E-state index in [4.69, 9.17) is 0 Å².